The summed E-state index contributed by atoms with van der Waals surface area (Å²) in [5.74, 6) is 0.848. The molecule has 13 heavy (non-hydrogen) atoms. The Morgan fingerprint density at radius 1 is 1.38 bits per heavy atom. The van der Waals surface area contributed by atoms with Crippen molar-refractivity contribution in [2.24, 2.45) is 11.3 Å². The van der Waals surface area contributed by atoms with Crippen LogP contribution in [0.25, 0.3) is 0 Å². The molecule has 3 aliphatic heterocycles. The van der Waals surface area contributed by atoms with Crippen LogP contribution in [-0.4, -0.2) is 25.3 Å². The number of ether oxygens (including phenoxy) is 1. The molecule has 3 saturated heterocycles. The van der Waals surface area contributed by atoms with E-state index in [2.05, 4.69) is 12.2 Å². The first-order chi connectivity index (χ1) is 6.28. The van der Waals surface area contributed by atoms with Crippen LogP contribution < -0.4 is 5.32 Å². The molecule has 2 bridgehead atoms. The van der Waals surface area contributed by atoms with Gasteiger partial charge in [-0.15, -0.1) is 0 Å². The van der Waals surface area contributed by atoms with Gasteiger partial charge in [0.1, 0.15) is 0 Å². The van der Waals surface area contributed by atoms with Gasteiger partial charge in [0.2, 0.25) is 0 Å². The van der Waals surface area contributed by atoms with Gasteiger partial charge in [-0.3, -0.25) is 0 Å². The molecule has 3 aliphatic rings. The Kier molecular flexibility index (Phi) is 1.72. The number of rotatable bonds is 1. The fourth-order valence-corrected chi connectivity index (χ4v) is 3.52. The number of hydrogen-bond acceptors (Lipinski definition) is 2. The van der Waals surface area contributed by atoms with Gasteiger partial charge in [0.15, 0.2) is 0 Å². The summed E-state index contributed by atoms with van der Waals surface area (Å²) >= 11 is 0. The second-order valence-electron chi connectivity index (χ2n) is 5.30. The molecule has 0 spiro atoms. The predicted molar refractivity (Wildman–Crippen MR) is 51.6 cm³/mol. The number of fused-ring (bicyclic) bond motifs is 2. The maximum Gasteiger partial charge on any atom is 0.0614 e. The van der Waals surface area contributed by atoms with E-state index in [0.717, 1.165) is 5.92 Å². The van der Waals surface area contributed by atoms with Gasteiger partial charge in [0, 0.05) is 6.54 Å². The summed E-state index contributed by atoms with van der Waals surface area (Å²) < 4.78 is 5.93. The average Bonchev–Trinajstić information content (AvgIpc) is 2.77. The maximum atomic E-state index is 5.93. The molecule has 4 unspecified atom stereocenters. The highest BCUT2D eigenvalue weighted by Crippen LogP contribution is 2.49. The third-order valence-electron chi connectivity index (χ3n) is 4.40. The van der Waals surface area contributed by atoms with E-state index < -0.39 is 0 Å². The fourth-order valence-electron chi connectivity index (χ4n) is 3.52. The molecule has 0 amide bonds. The summed E-state index contributed by atoms with van der Waals surface area (Å²) in [6.45, 7) is 4.87. The third kappa shape index (κ3) is 1.15. The van der Waals surface area contributed by atoms with Crippen molar-refractivity contribution in [1.29, 1.82) is 0 Å². The summed E-state index contributed by atoms with van der Waals surface area (Å²) in [6, 6.07) is 0. The summed E-state index contributed by atoms with van der Waals surface area (Å²) in [6.07, 6.45) is 6.56. The Balaban J connectivity index is 1.78. The van der Waals surface area contributed by atoms with Crippen LogP contribution in [0.1, 0.15) is 32.6 Å². The van der Waals surface area contributed by atoms with Gasteiger partial charge < -0.3 is 10.1 Å². The lowest BCUT2D eigenvalue weighted by molar-refractivity contribution is 0.0635. The minimum absolute atomic E-state index is 0.542. The topological polar surface area (TPSA) is 21.3 Å². The van der Waals surface area contributed by atoms with Crippen molar-refractivity contribution in [1.82, 2.24) is 5.32 Å². The van der Waals surface area contributed by atoms with Gasteiger partial charge in [-0.05, 0) is 43.6 Å². The van der Waals surface area contributed by atoms with Crippen LogP contribution in [0.3, 0.4) is 0 Å². The van der Waals surface area contributed by atoms with Gasteiger partial charge in [-0.1, -0.05) is 6.92 Å². The van der Waals surface area contributed by atoms with Crippen molar-refractivity contribution in [2.45, 2.75) is 44.8 Å². The van der Waals surface area contributed by atoms with E-state index >= 15 is 0 Å². The lowest BCUT2D eigenvalue weighted by Gasteiger charge is -2.34. The molecule has 2 heteroatoms. The zero-order valence-electron chi connectivity index (χ0n) is 8.38. The third-order valence-corrected chi connectivity index (χ3v) is 4.40. The second-order valence-corrected chi connectivity index (χ2v) is 5.30. The number of hydrogen-bond donors (Lipinski definition) is 1. The SMILES string of the molecule is CC1(C2CC3CCC2O3)CCNC1. The van der Waals surface area contributed by atoms with Gasteiger partial charge in [-0.25, -0.2) is 0 Å². The molecule has 0 aromatic rings. The molecule has 3 heterocycles. The monoisotopic (exact) mass is 181 g/mol. The normalized spacial score (nSPS) is 54.7. The Hall–Kier alpha value is -0.0800. The first kappa shape index (κ1) is 8.25. The van der Waals surface area contributed by atoms with Crippen molar-refractivity contribution in [3.8, 4) is 0 Å². The molecule has 1 N–H and O–H groups in total. The molecule has 3 fully saturated rings. The number of nitrogens with one attached hydrogen (secondary N) is 1. The van der Waals surface area contributed by atoms with E-state index in [0.29, 0.717) is 17.6 Å². The van der Waals surface area contributed by atoms with Crippen LogP contribution >= 0.6 is 0 Å². The van der Waals surface area contributed by atoms with Crippen LogP contribution in [0, 0.1) is 11.3 Å². The lowest BCUT2D eigenvalue weighted by Crippen LogP contribution is -2.36. The molecule has 0 saturated carbocycles. The molecule has 0 aromatic heterocycles. The van der Waals surface area contributed by atoms with E-state index in [1.54, 1.807) is 0 Å². The standard InChI is InChI=1S/C11H19NO/c1-11(4-5-12-7-11)9-6-8-2-3-10(9)13-8/h8-10,12H,2-7H2,1H3. The highest BCUT2D eigenvalue weighted by molar-refractivity contribution is 5.00. The Morgan fingerprint density at radius 3 is 2.85 bits per heavy atom. The molecular weight excluding hydrogens is 162 g/mol. The Labute approximate surface area is 80.0 Å². The molecular formula is C11H19NO. The minimum Gasteiger partial charge on any atom is -0.375 e. The fraction of sp³-hybridized carbons (Fsp3) is 1.00. The van der Waals surface area contributed by atoms with Gasteiger partial charge >= 0.3 is 0 Å². The first-order valence-corrected chi connectivity index (χ1v) is 5.64. The van der Waals surface area contributed by atoms with E-state index in [-0.39, 0.29) is 0 Å². The molecule has 2 nitrogen and oxygen atoms in total. The van der Waals surface area contributed by atoms with Gasteiger partial charge in [0.25, 0.3) is 0 Å². The summed E-state index contributed by atoms with van der Waals surface area (Å²) in [4.78, 5) is 0. The van der Waals surface area contributed by atoms with Gasteiger partial charge in [0.05, 0.1) is 12.2 Å². The van der Waals surface area contributed by atoms with E-state index in [1.165, 1.54) is 38.8 Å². The highest BCUT2D eigenvalue weighted by atomic mass is 16.5. The predicted octanol–water partition coefficient (Wildman–Crippen LogP) is 1.55. The first-order valence-electron chi connectivity index (χ1n) is 5.64. The smallest absolute Gasteiger partial charge is 0.0614 e. The minimum atomic E-state index is 0.542. The lowest BCUT2D eigenvalue weighted by atomic mass is 9.69. The largest absolute Gasteiger partial charge is 0.375 e. The molecule has 0 aliphatic carbocycles. The highest BCUT2D eigenvalue weighted by Gasteiger charge is 2.50. The van der Waals surface area contributed by atoms with Crippen LogP contribution in [0.4, 0.5) is 0 Å². The zero-order chi connectivity index (χ0) is 8.89. The molecule has 3 rings (SSSR count). The van der Waals surface area contributed by atoms with E-state index in [4.69, 9.17) is 4.74 Å². The van der Waals surface area contributed by atoms with Crippen molar-refractivity contribution < 1.29 is 4.74 Å². The van der Waals surface area contributed by atoms with Crippen molar-refractivity contribution >= 4 is 0 Å². The van der Waals surface area contributed by atoms with Crippen LogP contribution in [0.5, 0.6) is 0 Å². The van der Waals surface area contributed by atoms with Crippen molar-refractivity contribution in [3.05, 3.63) is 0 Å². The average molecular weight is 181 g/mol. The van der Waals surface area contributed by atoms with Crippen LogP contribution in [0.2, 0.25) is 0 Å². The van der Waals surface area contributed by atoms with Gasteiger partial charge in [-0.2, -0.15) is 0 Å². The summed E-state index contributed by atoms with van der Waals surface area (Å²) in [7, 11) is 0. The maximum absolute atomic E-state index is 5.93. The van der Waals surface area contributed by atoms with E-state index in [1.807, 2.05) is 0 Å². The molecule has 0 radical (unpaired) electrons. The second kappa shape index (κ2) is 2.71. The van der Waals surface area contributed by atoms with Crippen LogP contribution in [0.15, 0.2) is 0 Å². The summed E-state index contributed by atoms with van der Waals surface area (Å²) in [5.41, 5.74) is 0.542. The quantitative estimate of drug-likeness (QED) is 0.662. The molecule has 0 aromatic carbocycles. The van der Waals surface area contributed by atoms with Crippen molar-refractivity contribution in [3.63, 3.8) is 0 Å². The Morgan fingerprint density at radius 2 is 2.31 bits per heavy atom. The Bertz CT molecular complexity index is 210. The van der Waals surface area contributed by atoms with E-state index in [9.17, 15) is 0 Å². The zero-order valence-corrected chi connectivity index (χ0v) is 8.38. The summed E-state index contributed by atoms with van der Waals surface area (Å²) in [5, 5.41) is 3.49. The van der Waals surface area contributed by atoms with Crippen LogP contribution in [-0.2, 0) is 4.74 Å². The molecule has 4 atom stereocenters. The van der Waals surface area contributed by atoms with Crippen molar-refractivity contribution in [2.75, 3.05) is 13.1 Å². The molecule has 74 valence electrons.